The average molecular weight is 300 g/mol. The summed E-state index contributed by atoms with van der Waals surface area (Å²) < 4.78 is 1.14. The van der Waals surface area contributed by atoms with E-state index in [1.54, 1.807) is 11.8 Å². The first-order valence-electron chi connectivity index (χ1n) is 5.78. The van der Waals surface area contributed by atoms with Crippen LogP contribution in [0.2, 0.25) is 0 Å². The van der Waals surface area contributed by atoms with Gasteiger partial charge in [0.05, 0.1) is 0 Å². The highest BCUT2D eigenvalue weighted by molar-refractivity contribution is 9.10. The summed E-state index contributed by atoms with van der Waals surface area (Å²) in [5, 5.41) is 0. The first kappa shape index (κ1) is 12.5. The van der Waals surface area contributed by atoms with E-state index >= 15 is 0 Å². The standard InChI is InChI=1S/C13H18BrNS/c1-16-12-8-10(7-11(14)9-12)13(15)5-3-2-4-6-13/h7-9H,2-6,15H2,1H3. The molecule has 0 bridgehead atoms. The van der Waals surface area contributed by atoms with Gasteiger partial charge in [-0.2, -0.15) is 0 Å². The van der Waals surface area contributed by atoms with Crippen molar-refractivity contribution in [2.75, 3.05) is 6.26 Å². The minimum atomic E-state index is -0.0908. The van der Waals surface area contributed by atoms with Crippen LogP contribution in [0.3, 0.4) is 0 Å². The fraction of sp³-hybridized carbons (Fsp3) is 0.538. The number of thioether (sulfide) groups is 1. The molecule has 1 fully saturated rings. The van der Waals surface area contributed by atoms with Gasteiger partial charge < -0.3 is 5.73 Å². The Labute approximate surface area is 110 Å². The summed E-state index contributed by atoms with van der Waals surface area (Å²) in [6.07, 6.45) is 8.21. The van der Waals surface area contributed by atoms with Crippen LogP contribution >= 0.6 is 27.7 Å². The van der Waals surface area contributed by atoms with E-state index in [0.717, 1.165) is 17.3 Å². The first-order chi connectivity index (χ1) is 7.64. The zero-order valence-electron chi connectivity index (χ0n) is 9.63. The monoisotopic (exact) mass is 299 g/mol. The first-order valence-corrected chi connectivity index (χ1v) is 7.80. The molecule has 1 nitrogen and oxygen atoms in total. The van der Waals surface area contributed by atoms with E-state index in [9.17, 15) is 0 Å². The van der Waals surface area contributed by atoms with E-state index in [0.29, 0.717) is 0 Å². The fourth-order valence-corrected chi connectivity index (χ4v) is 3.57. The number of benzene rings is 1. The number of hydrogen-bond acceptors (Lipinski definition) is 2. The highest BCUT2D eigenvalue weighted by Crippen LogP contribution is 2.37. The molecule has 0 spiro atoms. The normalized spacial score (nSPS) is 19.7. The van der Waals surface area contributed by atoms with Gasteiger partial charge in [0.2, 0.25) is 0 Å². The van der Waals surface area contributed by atoms with E-state index in [1.807, 2.05) is 0 Å². The van der Waals surface area contributed by atoms with E-state index in [4.69, 9.17) is 5.73 Å². The number of nitrogens with two attached hydrogens (primary N) is 1. The van der Waals surface area contributed by atoms with Crippen LogP contribution in [0.5, 0.6) is 0 Å². The molecule has 1 aliphatic carbocycles. The van der Waals surface area contributed by atoms with Crippen molar-refractivity contribution in [1.29, 1.82) is 0 Å². The van der Waals surface area contributed by atoms with Crippen molar-refractivity contribution in [3.63, 3.8) is 0 Å². The molecule has 88 valence electrons. The van der Waals surface area contributed by atoms with E-state index in [2.05, 4.69) is 40.4 Å². The average Bonchev–Trinajstić information content (AvgIpc) is 2.29. The maximum atomic E-state index is 6.54. The van der Waals surface area contributed by atoms with Gasteiger partial charge in [0.15, 0.2) is 0 Å². The molecule has 0 amide bonds. The van der Waals surface area contributed by atoms with Crippen LogP contribution < -0.4 is 5.73 Å². The maximum Gasteiger partial charge on any atom is 0.0410 e. The third-order valence-electron chi connectivity index (χ3n) is 3.43. The molecule has 0 saturated heterocycles. The minimum Gasteiger partial charge on any atom is -0.321 e. The van der Waals surface area contributed by atoms with Crippen molar-refractivity contribution in [2.45, 2.75) is 42.5 Å². The van der Waals surface area contributed by atoms with Gasteiger partial charge >= 0.3 is 0 Å². The van der Waals surface area contributed by atoms with Gasteiger partial charge in [-0.1, -0.05) is 35.2 Å². The molecule has 16 heavy (non-hydrogen) atoms. The quantitative estimate of drug-likeness (QED) is 0.825. The van der Waals surface area contributed by atoms with Crippen LogP contribution in [0.4, 0.5) is 0 Å². The molecule has 0 atom stereocenters. The smallest absolute Gasteiger partial charge is 0.0410 e. The molecule has 1 aromatic carbocycles. The Kier molecular flexibility index (Phi) is 3.98. The number of hydrogen-bond donors (Lipinski definition) is 1. The third kappa shape index (κ3) is 2.63. The topological polar surface area (TPSA) is 26.0 Å². The molecule has 0 unspecified atom stereocenters. The van der Waals surface area contributed by atoms with Crippen molar-refractivity contribution in [3.05, 3.63) is 28.2 Å². The van der Waals surface area contributed by atoms with Crippen LogP contribution in [0.25, 0.3) is 0 Å². The van der Waals surface area contributed by atoms with E-state index in [1.165, 1.54) is 29.7 Å². The molecule has 1 saturated carbocycles. The van der Waals surface area contributed by atoms with Crippen LogP contribution in [-0.4, -0.2) is 6.26 Å². The minimum absolute atomic E-state index is 0.0908. The molecule has 2 rings (SSSR count). The summed E-state index contributed by atoms with van der Waals surface area (Å²) in [5.41, 5.74) is 7.75. The van der Waals surface area contributed by atoms with Crippen LogP contribution in [0.1, 0.15) is 37.7 Å². The Morgan fingerprint density at radius 2 is 1.88 bits per heavy atom. The molecule has 0 heterocycles. The van der Waals surface area contributed by atoms with Crippen LogP contribution in [0, 0.1) is 0 Å². The van der Waals surface area contributed by atoms with Gasteiger partial charge in [0.1, 0.15) is 0 Å². The molecular formula is C13H18BrNS. The highest BCUT2D eigenvalue weighted by atomic mass is 79.9. The lowest BCUT2D eigenvalue weighted by atomic mass is 9.77. The van der Waals surface area contributed by atoms with Gasteiger partial charge in [-0.25, -0.2) is 0 Å². The van der Waals surface area contributed by atoms with Crippen molar-refractivity contribution < 1.29 is 0 Å². The van der Waals surface area contributed by atoms with Crippen LogP contribution in [-0.2, 0) is 5.54 Å². The molecule has 3 heteroatoms. The maximum absolute atomic E-state index is 6.54. The number of rotatable bonds is 2. The Hall–Kier alpha value is 0.01000. The van der Waals surface area contributed by atoms with Crippen molar-refractivity contribution in [2.24, 2.45) is 5.73 Å². The number of halogens is 1. The molecule has 1 aliphatic rings. The summed E-state index contributed by atoms with van der Waals surface area (Å²) in [5.74, 6) is 0. The molecule has 0 radical (unpaired) electrons. The van der Waals surface area contributed by atoms with Crippen LogP contribution in [0.15, 0.2) is 27.6 Å². The SMILES string of the molecule is CSc1cc(Br)cc(C2(N)CCCCC2)c1. The predicted molar refractivity (Wildman–Crippen MR) is 74.9 cm³/mol. The summed E-state index contributed by atoms with van der Waals surface area (Å²) in [4.78, 5) is 1.29. The lowest BCUT2D eigenvalue weighted by Gasteiger charge is -2.34. The second kappa shape index (κ2) is 5.11. The Morgan fingerprint density at radius 1 is 1.19 bits per heavy atom. The van der Waals surface area contributed by atoms with Gasteiger partial charge in [-0.05, 0) is 42.9 Å². The van der Waals surface area contributed by atoms with Gasteiger partial charge in [-0.15, -0.1) is 11.8 Å². The molecule has 0 aromatic heterocycles. The molecule has 1 aromatic rings. The van der Waals surface area contributed by atoms with Crippen molar-refractivity contribution in [1.82, 2.24) is 0 Å². The third-order valence-corrected chi connectivity index (χ3v) is 4.59. The predicted octanol–water partition coefficient (Wildman–Crippen LogP) is 4.29. The van der Waals surface area contributed by atoms with Gasteiger partial charge in [0.25, 0.3) is 0 Å². The second-order valence-corrected chi connectivity index (χ2v) is 6.39. The zero-order valence-corrected chi connectivity index (χ0v) is 12.0. The highest BCUT2D eigenvalue weighted by Gasteiger charge is 2.29. The fourth-order valence-electron chi connectivity index (χ4n) is 2.44. The summed E-state index contributed by atoms with van der Waals surface area (Å²) >= 11 is 5.35. The van der Waals surface area contributed by atoms with Crippen molar-refractivity contribution >= 4 is 27.7 Å². The largest absolute Gasteiger partial charge is 0.321 e. The Bertz CT molecular complexity index is 372. The summed E-state index contributed by atoms with van der Waals surface area (Å²) in [7, 11) is 0. The Balaban J connectivity index is 2.34. The van der Waals surface area contributed by atoms with E-state index in [-0.39, 0.29) is 5.54 Å². The van der Waals surface area contributed by atoms with Gasteiger partial charge in [0, 0.05) is 14.9 Å². The second-order valence-electron chi connectivity index (χ2n) is 4.60. The summed E-state index contributed by atoms with van der Waals surface area (Å²) in [6, 6.07) is 6.59. The zero-order chi connectivity index (χ0) is 11.6. The molecular weight excluding hydrogens is 282 g/mol. The lowest BCUT2D eigenvalue weighted by molar-refractivity contribution is 0.302. The lowest BCUT2D eigenvalue weighted by Crippen LogP contribution is -2.38. The Morgan fingerprint density at radius 3 is 2.50 bits per heavy atom. The van der Waals surface area contributed by atoms with Crippen molar-refractivity contribution in [3.8, 4) is 0 Å². The molecule has 0 aliphatic heterocycles. The summed E-state index contributed by atoms with van der Waals surface area (Å²) in [6.45, 7) is 0. The van der Waals surface area contributed by atoms with Gasteiger partial charge in [-0.3, -0.25) is 0 Å². The van der Waals surface area contributed by atoms with E-state index < -0.39 is 0 Å². The molecule has 2 N–H and O–H groups in total.